The first-order chi connectivity index (χ1) is 7.56. The third kappa shape index (κ3) is 2.08. The van der Waals surface area contributed by atoms with Gasteiger partial charge in [0.15, 0.2) is 0 Å². The molecule has 90 valence electrons. The SMILES string of the molecule is CN(CC1CC1)C(=O)C1(C(N)=S)CCCC1. The Labute approximate surface area is 102 Å². The zero-order valence-electron chi connectivity index (χ0n) is 9.87. The Bertz CT molecular complexity index is 306. The molecule has 0 aromatic heterocycles. The minimum Gasteiger partial charge on any atom is -0.392 e. The summed E-state index contributed by atoms with van der Waals surface area (Å²) in [6.07, 6.45) is 6.35. The van der Waals surface area contributed by atoms with E-state index in [4.69, 9.17) is 18.0 Å². The van der Waals surface area contributed by atoms with Gasteiger partial charge >= 0.3 is 0 Å². The van der Waals surface area contributed by atoms with Gasteiger partial charge in [-0.2, -0.15) is 0 Å². The topological polar surface area (TPSA) is 46.3 Å². The van der Waals surface area contributed by atoms with Gasteiger partial charge in [-0.25, -0.2) is 0 Å². The van der Waals surface area contributed by atoms with Crippen molar-refractivity contribution in [3.05, 3.63) is 0 Å². The van der Waals surface area contributed by atoms with Crippen LogP contribution in [0.4, 0.5) is 0 Å². The molecule has 0 aromatic carbocycles. The number of carbonyl (C=O) groups is 1. The highest BCUT2D eigenvalue weighted by Crippen LogP contribution is 2.40. The van der Waals surface area contributed by atoms with Gasteiger partial charge in [-0.3, -0.25) is 4.79 Å². The van der Waals surface area contributed by atoms with Gasteiger partial charge in [0.25, 0.3) is 0 Å². The fraction of sp³-hybridized carbons (Fsp3) is 0.833. The van der Waals surface area contributed by atoms with Crippen LogP contribution >= 0.6 is 12.2 Å². The van der Waals surface area contributed by atoms with Gasteiger partial charge in [-0.15, -0.1) is 0 Å². The Hall–Kier alpha value is -0.640. The second-order valence-corrected chi connectivity index (χ2v) is 5.72. The average Bonchev–Trinajstić information content (AvgIpc) is 2.91. The number of hydrogen-bond donors (Lipinski definition) is 1. The third-order valence-corrected chi connectivity index (χ3v) is 4.30. The Morgan fingerprint density at radius 1 is 1.44 bits per heavy atom. The van der Waals surface area contributed by atoms with E-state index < -0.39 is 5.41 Å². The van der Waals surface area contributed by atoms with E-state index in [1.54, 1.807) is 0 Å². The summed E-state index contributed by atoms with van der Waals surface area (Å²) < 4.78 is 0. The van der Waals surface area contributed by atoms with Crippen molar-refractivity contribution in [1.82, 2.24) is 4.90 Å². The van der Waals surface area contributed by atoms with Gasteiger partial charge in [0.1, 0.15) is 0 Å². The van der Waals surface area contributed by atoms with E-state index in [-0.39, 0.29) is 5.91 Å². The number of nitrogens with zero attached hydrogens (tertiary/aromatic N) is 1. The molecule has 4 heteroatoms. The van der Waals surface area contributed by atoms with Crippen molar-refractivity contribution in [2.45, 2.75) is 38.5 Å². The third-order valence-electron chi connectivity index (χ3n) is 3.91. The van der Waals surface area contributed by atoms with E-state index in [2.05, 4.69) is 0 Å². The molecule has 2 aliphatic carbocycles. The zero-order chi connectivity index (χ0) is 11.8. The fourth-order valence-electron chi connectivity index (χ4n) is 2.68. The van der Waals surface area contributed by atoms with Crippen LogP contribution in [0, 0.1) is 11.3 Å². The van der Waals surface area contributed by atoms with Gasteiger partial charge in [-0.1, -0.05) is 25.1 Å². The second-order valence-electron chi connectivity index (χ2n) is 5.28. The lowest BCUT2D eigenvalue weighted by atomic mass is 9.84. The zero-order valence-corrected chi connectivity index (χ0v) is 10.7. The highest BCUT2D eigenvalue weighted by atomic mass is 32.1. The molecule has 0 spiro atoms. The first-order valence-electron chi connectivity index (χ1n) is 6.12. The largest absolute Gasteiger partial charge is 0.392 e. The maximum absolute atomic E-state index is 12.4. The standard InChI is InChI=1S/C12H20N2OS/c1-14(8-9-4-5-9)11(15)12(10(13)16)6-2-3-7-12/h9H,2-8H2,1H3,(H2,13,16). The van der Waals surface area contributed by atoms with E-state index in [0.717, 1.165) is 38.1 Å². The molecule has 2 fully saturated rings. The number of hydrogen-bond acceptors (Lipinski definition) is 2. The van der Waals surface area contributed by atoms with Gasteiger partial charge in [0, 0.05) is 13.6 Å². The van der Waals surface area contributed by atoms with Crippen LogP contribution in [0.25, 0.3) is 0 Å². The fourth-order valence-corrected chi connectivity index (χ4v) is 2.97. The summed E-state index contributed by atoms with van der Waals surface area (Å²) in [6.45, 7) is 0.878. The summed E-state index contributed by atoms with van der Waals surface area (Å²) in [6, 6.07) is 0. The van der Waals surface area contributed by atoms with Crippen molar-refractivity contribution in [1.29, 1.82) is 0 Å². The van der Waals surface area contributed by atoms with Crippen LogP contribution in [-0.4, -0.2) is 29.4 Å². The Morgan fingerprint density at radius 2 is 2.00 bits per heavy atom. The number of carbonyl (C=O) groups excluding carboxylic acids is 1. The molecule has 0 aliphatic heterocycles. The van der Waals surface area contributed by atoms with Crippen molar-refractivity contribution >= 4 is 23.1 Å². The molecule has 0 atom stereocenters. The van der Waals surface area contributed by atoms with Gasteiger partial charge < -0.3 is 10.6 Å². The predicted octanol–water partition coefficient (Wildman–Crippen LogP) is 1.70. The van der Waals surface area contributed by atoms with Crippen molar-refractivity contribution < 1.29 is 4.79 Å². The van der Waals surface area contributed by atoms with Gasteiger partial charge in [0.2, 0.25) is 5.91 Å². The van der Waals surface area contributed by atoms with Crippen LogP contribution in [0.3, 0.4) is 0 Å². The minimum atomic E-state index is -0.515. The van der Waals surface area contributed by atoms with Crippen molar-refractivity contribution in [2.75, 3.05) is 13.6 Å². The summed E-state index contributed by atoms with van der Waals surface area (Å²) >= 11 is 5.12. The average molecular weight is 240 g/mol. The molecule has 0 unspecified atom stereocenters. The van der Waals surface area contributed by atoms with E-state index in [1.807, 2.05) is 11.9 Å². The normalized spacial score (nSPS) is 23.1. The van der Waals surface area contributed by atoms with E-state index in [9.17, 15) is 4.79 Å². The lowest BCUT2D eigenvalue weighted by Crippen LogP contribution is -2.48. The van der Waals surface area contributed by atoms with Crippen molar-refractivity contribution in [3.8, 4) is 0 Å². The van der Waals surface area contributed by atoms with Crippen LogP contribution in [0.1, 0.15) is 38.5 Å². The molecule has 16 heavy (non-hydrogen) atoms. The van der Waals surface area contributed by atoms with Gasteiger partial charge in [-0.05, 0) is 31.6 Å². The maximum atomic E-state index is 12.4. The Kier molecular flexibility index (Phi) is 3.19. The summed E-state index contributed by atoms with van der Waals surface area (Å²) in [4.78, 5) is 14.7. The minimum absolute atomic E-state index is 0.157. The molecular formula is C12H20N2OS. The molecular weight excluding hydrogens is 220 g/mol. The highest BCUT2D eigenvalue weighted by Gasteiger charge is 2.45. The number of rotatable bonds is 4. The van der Waals surface area contributed by atoms with E-state index in [0.29, 0.717) is 4.99 Å². The molecule has 0 heterocycles. The highest BCUT2D eigenvalue weighted by molar-refractivity contribution is 7.80. The molecule has 2 aliphatic rings. The van der Waals surface area contributed by atoms with Gasteiger partial charge in [0.05, 0.1) is 10.4 Å². The van der Waals surface area contributed by atoms with Crippen molar-refractivity contribution in [3.63, 3.8) is 0 Å². The first kappa shape index (κ1) is 11.8. The van der Waals surface area contributed by atoms with Crippen LogP contribution in [-0.2, 0) is 4.79 Å². The van der Waals surface area contributed by atoms with E-state index in [1.165, 1.54) is 12.8 Å². The lowest BCUT2D eigenvalue weighted by molar-refractivity contribution is -0.136. The number of nitrogens with two attached hydrogens (primary N) is 1. The maximum Gasteiger partial charge on any atom is 0.235 e. The molecule has 2 rings (SSSR count). The smallest absolute Gasteiger partial charge is 0.235 e. The number of thiocarbonyl (C=S) groups is 1. The predicted molar refractivity (Wildman–Crippen MR) is 68.0 cm³/mol. The molecule has 0 saturated heterocycles. The molecule has 1 amide bonds. The second kappa shape index (κ2) is 4.32. The Morgan fingerprint density at radius 3 is 2.44 bits per heavy atom. The summed E-state index contributed by atoms with van der Waals surface area (Å²) in [7, 11) is 1.89. The molecule has 2 N–H and O–H groups in total. The molecule has 0 radical (unpaired) electrons. The lowest BCUT2D eigenvalue weighted by Gasteiger charge is -2.31. The van der Waals surface area contributed by atoms with Crippen LogP contribution in [0.2, 0.25) is 0 Å². The van der Waals surface area contributed by atoms with Crippen LogP contribution in [0.5, 0.6) is 0 Å². The quantitative estimate of drug-likeness (QED) is 0.761. The molecule has 0 aromatic rings. The summed E-state index contributed by atoms with van der Waals surface area (Å²) in [5.41, 5.74) is 5.29. The van der Waals surface area contributed by atoms with Crippen LogP contribution < -0.4 is 5.73 Å². The van der Waals surface area contributed by atoms with Crippen LogP contribution in [0.15, 0.2) is 0 Å². The Balaban J connectivity index is 2.06. The number of amides is 1. The summed E-state index contributed by atoms with van der Waals surface area (Å²) in [5, 5.41) is 0. The molecule has 3 nitrogen and oxygen atoms in total. The summed E-state index contributed by atoms with van der Waals surface area (Å²) in [5.74, 6) is 0.878. The van der Waals surface area contributed by atoms with Crippen molar-refractivity contribution in [2.24, 2.45) is 17.1 Å². The van der Waals surface area contributed by atoms with E-state index >= 15 is 0 Å². The molecule has 0 bridgehead atoms. The molecule has 2 saturated carbocycles. The monoisotopic (exact) mass is 240 g/mol. The first-order valence-corrected chi connectivity index (χ1v) is 6.52.